The van der Waals surface area contributed by atoms with Crippen LogP contribution in [0.2, 0.25) is 0 Å². The number of rotatable bonds is 7. The maximum absolute atomic E-state index is 5.51. The van der Waals surface area contributed by atoms with Gasteiger partial charge < -0.3 is 10.1 Å². The van der Waals surface area contributed by atoms with Gasteiger partial charge in [-0.05, 0) is 36.6 Å². The number of aromatic nitrogens is 1. The van der Waals surface area contributed by atoms with Crippen LogP contribution in [0.25, 0.3) is 0 Å². The van der Waals surface area contributed by atoms with Crippen molar-refractivity contribution in [3.05, 3.63) is 65.5 Å². The number of nitrogens with zero attached hydrogens (tertiary/aromatic N) is 1. The minimum Gasteiger partial charge on any atom is -0.377 e. The largest absolute Gasteiger partial charge is 0.377 e. The molecule has 0 radical (unpaired) electrons. The quantitative estimate of drug-likeness (QED) is 0.836. The number of hydrogen-bond acceptors (Lipinski definition) is 3. The summed E-state index contributed by atoms with van der Waals surface area (Å²) < 4.78 is 5.51. The van der Waals surface area contributed by atoms with Crippen LogP contribution >= 0.6 is 0 Å². The molecule has 0 saturated carbocycles. The van der Waals surface area contributed by atoms with Gasteiger partial charge in [0.1, 0.15) is 0 Å². The van der Waals surface area contributed by atoms with Gasteiger partial charge in [-0.1, -0.05) is 30.3 Å². The number of benzene rings is 1. The van der Waals surface area contributed by atoms with E-state index in [0.29, 0.717) is 6.61 Å². The third kappa shape index (κ3) is 4.15. The minimum atomic E-state index is 0.281. The molecule has 2 rings (SSSR count). The van der Waals surface area contributed by atoms with E-state index >= 15 is 0 Å². The van der Waals surface area contributed by atoms with Crippen molar-refractivity contribution >= 4 is 0 Å². The minimum absolute atomic E-state index is 0.281. The zero-order valence-electron chi connectivity index (χ0n) is 12.2. The highest BCUT2D eigenvalue weighted by molar-refractivity contribution is 5.26. The SMILES string of the molecule is CCOCc1ccccc1CNC(C)c1cccnc1. The van der Waals surface area contributed by atoms with Crippen molar-refractivity contribution in [1.29, 1.82) is 0 Å². The van der Waals surface area contributed by atoms with Crippen LogP contribution in [0.15, 0.2) is 48.8 Å². The first-order valence-corrected chi connectivity index (χ1v) is 7.09. The lowest BCUT2D eigenvalue weighted by atomic mass is 10.1. The second-order valence-electron chi connectivity index (χ2n) is 4.79. The second kappa shape index (κ2) is 7.78. The monoisotopic (exact) mass is 270 g/mol. The molecule has 3 heteroatoms. The van der Waals surface area contributed by atoms with E-state index in [4.69, 9.17) is 4.74 Å². The molecule has 1 N–H and O–H groups in total. The lowest BCUT2D eigenvalue weighted by molar-refractivity contribution is 0.133. The lowest BCUT2D eigenvalue weighted by Gasteiger charge is -2.16. The molecule has 1 aromatic carbocycles. The van der Waals surface area contributed by atoms with Crippen LogP contribution in [0, 0.1) is 0 Å². The molecule has 1 unspecified atom stereocenters. The van der Waals surface area contributed by atoms with Crippen molar-refractivity contribution in [1.82, 2.24) is 10.3 Å². The van der Waals surface area contributed by atoms with Gasteiger partial charge in [0, 0.05) is 31.6 Å². The molecule has 0 bridgehead atoms. The van der Waals surface area contributed by atoms with Gasteiger partial charge >= 0.3 is 0 Å². The Kier molecular flexibility index (Phi) is 5.71. The topological polar surface area (TPSA) is 34.1 Å². The summed E-state index contributed by atoms with van der Waals surface area (Å²) in [5.41, 5.74) is 3.74. The third-order valence-electron chi connectivity index (χ3n) is 3.36. The zero-order valence-corrected chi connectivity index (χ0v) is 12.2. The van der Waals surface area contributed by atoms with Gasteiger partial charge in [-0.3, -0.25) is 4.98 Å². The molecular formula is C17H22N2O. The Balaban J connectivity index is 1.96. The molecule has 2 aromatic rings. The van der Waals surface area contributed by atoms with Crippen molar-refractivity contribution in [2.45, 2.75) is 33.0 Å². The molecule has 0 amide bonds. The summed E-state index contributed by atoms with van der Waals surface area (Å²) in [7, 11) is 0. The summed E-state index contributed by atoms with van der Waals surface area (Å²) in [5, 5.41) is 3.54. The molecule has 1 atom stereocenters. The van der Waals surface area contributed by atoms with E-state index in [-0.39, 0.29) is 6.04 Å². The van der Waals surface area contributed by atoms with Gasteiger partial charge in [0.2, 0.25) is 0 Å². The molecule has 20 heavy (non-hydrogen) atoms. The summed E-state index contributed by atoms with van der Waals surface area (Å²) in [5.74, 6) is 0. The predicted octanol–water partition coefficient (Wildman–Crippen LogP) is 3.47. The summed E-state index contributed by atoms with van der Waals surface area (Å²) in [4.78, 5) is 4.16. The van der Waals surface area contributed by atoms with Crippen LogP contribution in [0.5, 0.6) is 0 Å². The fraction of sp³-hybridized carbons (Fsp3) is 0.353. The first kappa shape index (κ1) is 14.7. The fourth-order valence-electron chi connectivity index (χ4n) is 2.10. The van der Waals surface area contributed by atoms with Crippen molar-refractivity contribution in [3.8, 4) is 0 Å². The molecule has 106 valence electrons. The maximum Gasteiger partial charge on any atom is 0.0719 e. The molecule has 0 aliphatic carbocycles. The van der Waals surface area contributed by atoms with Crippen LogP contribution < -0.4 is 5.32 Å². The van der Waals surface area contributed by atoms with E-state index in [1.807, 2.05) is 19.2 Å². The summed E-state index contributed by atoms with van der Waals surface area (Å²) >= 11 is 0. The van der Waals surface area contributed by atoms with Gasteiger partial charge in [-0.15, -0.1) is 0 Å². The third-order valence-corrected chi connectivity index (χ3v) is 3.36. The van der Waals surface area contributed by atoms with E-state index in [2.05, 4.69) is 47.6 Å². The van der Waals surface area contributed by atoms with Crippen molar-refractivity contribution in [2.24, 2.45) is 0 Å². The Hall–Kier alpha value is -1.71. The number of hydrogen-bond donors (Lipinski definition) is 1. The van der Waals surface area contributed by atoms with Crippen molar-refractivity contribution in [3.63, 3.8) is 0 Å². The molecular weight excluding hydrogens is 248 g/mol. The normalized spacial score (nSPS) is 12.3. The highest BCUT2D eigenvalue weighted by Crippen LogP contribution is 2.14. The zero-order chi connectivity index (χ0) is 14.2. The number of nitrogens with one attached hydrogen (secondary N) is 1. The summed E-state index contributed by atoms with van der Waals surface area (Å²) in [6.07, 6.45) is 3.71. The van der Waals surface area contributed by atoms with Gasteiger partial charge in [0.15, 0.2) is 0 Å². The van der Waals surface area contributed by atoms with E-state index in [0.717, 1.165) is 13.2 Å². The molecule has 1 aromatic heterocycles. The van der Waals surface area contributed by atoms with E-state index in [1.54, 1.807) is 6.20 Å². The second-order valence-corrected chi connectivity index (χ2v) is 4.79. The molecule has 0 aliphatic rings. The Morgan fingerprint density at radius 3 is 2.65 bits per heavy atom. The highest BCUT2D eigenvalue weighted by atomic mass is 16.5. The molecule has 1 heterocycles. The fourth-order valence-corrected chi connectivity index (χ4v) is 2.10. The number of ether oxygens (including phenoxy) is 1. The average molecular weight is 270 g/mol. The highest BCUT2D eigenvalue weighted by Gasteiger charge is 2.06. The first-order valence-electron chi connectivity index (χ1n) is 7.09. The van der Waals surface area contributed by atoms with Gasteiger partial charge in [0.25, 0.3) is 0 Å². The Labute approximate surface area is 121 Å². The maximum atomic E-state index is 5.51. The van der Waals surface area contributed by atoms with Gasteiger partial charge in [-0.2, -0.15) is 0 Å². The number of pyridine rings is 1. The van der Waals surface area contributed by atoms with Gasteiger partial charge in [0.05, 0.1) is 6.61 Å². The first-order chi connectivity index (χ1) is 9.81. The van der Waals surface area contributed by atoms with Crippen molar-refractivity contribution in [2.75, 3.05) is 6.61 Å². The van der Waals surface area contributed by atoms with E-state index < -0.39 is 0 Å². The van der Waals surface area contributed by atoms with Crippen LogP contribution in [-0.2, 0) is 17.9 Å². The van der Waals surface area contributed by atoms with Gasteiger partial charge in [-0.25, -0.2) is 0 Å². The van der Waals surface area contributed by atoms with Crippen LogP contribution in [0.3, 0.4) is 0 Å². The molecule has 0 spiro atoms. The molecule has 0 aliphatic heterocycles. The van der Waals surface area contributed by atoms with Crippen LogP contribution in [0.4, 0.5) is 0 Å². The Bertz CT molecular complexity index is 513. The Morgan fingerprint density at radius 2 is 1.95 bits per heavy atom. The molecule has 0 fully saturated rings. The average Bonchev–Trinajstić information content (AvgIpc) is 2.52. The Morgan fingerprint density at radius 1 is 1.15 bits per heavy atom. The molecule has 0 saturated heterocycles. The van der Waals surface area contributed by atoms with E-state index in [9.17, 15) is 0 Å². The predicted molar refractivity (Wildman–Crippen MR) is 81.3 cm³/mol. The standard InChI is InChI=1S/C17H22N2O/c1-3-20-13-17-8-5-4-7-16(17)12-19-14(2)15-9-6-10-18-11-15/h4-11,14,19H,3,12-13H2,1-2H3. The molecule has 3 nitrogen and oxygen atoms in total. The smallest absolute Gasteiger partial charge is 0.0719 e. The summed E-state index contributed by atoms with van der Waals surface area (Å²) in [6.45, 7) is 6.43. The van der Waals surface area contributed by atoms with Crippen molar-refractivity contribution < 1.29 is 4.74 Å². The van der Waals surface area contributed by atoms with Crippen LogP contribution in [-0.4, -0.2) is 11.6 Å². The van der Waals surface area contributed by atoms with Crippen LogP contribution in [0.1, 0.15) is 36.6 Å². The lowest BCUT2D eigenvalue weighted by Crippen LogP contribution is -2.19. The summed E-state index contributed by atoms with van der Waals surface area (Å²) in [6, 6.07) is 12.7. The van der Waals surface area contributed by atoms with E-state index in [1.165, 1.54) is 16.7 Å².